The quantitative estimate of drug-likeness (QED) is 0.265. The summed E-state index contributed by atoms with van der Waals surface area (Å²) in [5.41, 5.74) is -0.170. The van der Waals surface area contributed by atoms with Crippen molar-refractivity contribution in [3.8, 4) is 17.4 Å². The first kappa shape index (κ1) is 24.8. The van der Waals surface area contributed by atoms with Crippen molar-refractivity contribution in [1.82, 2.24) is 23.7 Å². The summed E-state index contributed by atoms with van der Waals surface area (Å²) in [6.45, 7) is -0.230. The summed E-state index contributed by atoms with van der Waals surface area (Å²) in [5, 5.41) is 30.1. The summed E-state index contributed by atoms with van der Waals surface area (Å²) < 4.78 is 14.4. The molecule has 0 radical (unpaired) electrons. The number of aliphatic hydroxyl groups is 1. The molecule has 13 heteroatoms. The Hall–Kier alpha value is -4.91. The van der Waals surface area contributed by atoms with Crippen LogP contribution in [0.4, 0.5) is 11.6 Å². The Labute approximate surface area is 214 Å². The molecule has 1 atom stereocenters. The average molecular weight is 520 g/mol. The van der Waals surface area contributed by atoms with Gasteiger partial charge in [0.1, 0.15) is 24.2 Å². The maximum absolute atomic E-state index is 13.1. The number of ether oxygens (including phenoxy) is 2. The van der Waals surface area contributed by atoms with Crippen LogP contribution in [0.3, 0.4) is 0 Å². The SMILES string of the molecule is COc1ccc(OCC(O)Cn2c(N=Nc3c(O)[nH]c4ccccc34)nc3c2c(=O)n(C)c(=O)n3C)cc1. The number of aryl methyl sites for hydroxylation is 1. The first-order valence-corrected chi connectivity index (χ1v) is 11.6. The summed E-state index contributed by atoms with van der Waals surface area (Å²) in [7, 11) is 4.40. The van der Waals surface area contributed by atoms with E-state index in [0.717, 1.165) is 4.57 Å². The van der Waals surface area contributed by atoms with Crippen LogP contribution in [-0.2, 0) is 20.6 Å². The van der Waals surface area contributed by atoms with Crippen molar-refractivity contribution in [3.05, 3.63) is 69.4 Å². The lowest BCUT2D eigenvalue weighted by Gasteiger charge is -2.14. The Morgan fingerprint density at radius 3 is 2.47 bits per heavy atom. The van der Waals surface area contributed by atoms with Crippen molar-refractivity contribution >= 4 is 33.7 Å². The Kier molecular flexibility index (Phi) is 6.43. The molecule has 0 amide bonds. The molecule has 0 saturated heterocycles. The molecule has 3 heterocycles. The highest BCUT2D eigenvalue weighted by Crippen LogP contribution is 2.36. The number of hydrogen-bond acceptors (Lipinski definition) is 9. The topological polar surface area (TPSA) is 161 Å². The molecule has 0 aliphatic heterocycles. The second kappa shape index (κ2) is 9.86. The largest absolute Gasteiger partial charge is 0.497 e. The number of benzene rings is 2. The number of azo groups is 1. The summed E-state index contributed by atoms with van der Waals surface area (Å²) in [4.78, 5) is 32.7. The molecule has 0 spiro atoms. The number of nitrogens with zero attached hydrogens (tertiary/aromatic N) is 6. The lowest BCUT2D eigenvalue weighted by atomic mass is 10.2. The zero-order chi connectivity index (χ0) is 27.0. The van der Waals surface area contributed by atoms with Crippen molar-refractivity contribution < 1.29 is 19.7 Å². The molecule has 196 valence electrons. The predicted octanol–water partition coefficient (Wildman–Crippen LogP) is 2.48. The first-order valence-electron chi connectivity index (χ1n) is 11.6. The van der Waals surface area contributed by atoms with Crippen LogP contribution in [0.2, 0.25) is 0 Å². The fraction of sp³-hybridized carbons (Fsp3) is 0.240. The van der Waals surface area contributed by atoms with Crippen LogP contribution in [0.25, 0.3) is 22.1 Å². The van der Waals surface area contributed by atoms with E-state index in [-0.39, 0.29) is 41.8 Å². The monoisotopic (exact) mass is 519 g/mol. The molecule has 2 aromatic carbocycles. The molecular formula is C25H25N7O6. The third-order valence-corrected chi connectivity index (χ3v) is 6.12. The van der Waals surface area contributed by atoms with Gasteiger partial charge in [-0.05, 0) is 30.3 Å². The van der Waals surface area contributed by atoms with Gasteiger partial charge in [-0.3, -0.25) is 18.5 Å². The van der Waals surface area contributed by atoms with E-state index in [4.69, 9.17) is 9.47 Å². The van der Waals surface area contributed by atoms with Crippen LogP contribution in [0.5, 0.6) is 17.4 Å². The number of nitrogens with one attached hydrogen (secondary N) is 1. The van der Waals surface area contributed by atoms with Gasteiger partial charge in [0.15, 0.2) is 16.9 Å². The van der Waals surface area contributed by atoms with Crippen LogP contribution in [0.1, 0.15) is 0 Å². The van der Waals surface area contributed by atoms with Gasteiger partial charge < -0.3 is 24.7 Å². The van der Waals surface area contributed by atoms with Crippen LogP contribution >= 0.6 is 0 Å². The number of methoxy groups -OCH3 is 1. The van der Waals surface area contributed by atoms with Gasteiger partial charge in [0.05, 0.1) is 19.2 Å². The fourth-order valence-electron chi connectivity index (χ4n) is 4.12. The Morgan fingerprint density at radius 1 is 1.03 bits per heavy atom. The van der Waals surface area contributed by atoms with Crippen molar-refractivity contribution in [2.24, 2.45) is 24.3 Å². The van der Waals surface area contributed by atoms with Crippen molar-refractivity contribution in [3.63, 3.8) is 0 Å². The molecule has 5 rings (SSSR count). The molecule has 0 fully saturated rings. The fourth-order valence-corrected chi connectivity index (χ4v) is 4.12. The molecule has 0 aliphatic rings. The third kappa shape index (κ3) is 4.39. The highest BCUT2D eigenvalue weighted by atomic mass is 16.5. The molecule has 3 aromatic heterocycles. The average Bonchev–Trinajstić information content (AvgIpc) is 3.45. The minimum Gasteiger partial charge on any atom is -0.497 e. The molecule has 38 heavy (non-hydrogen) atoms. The van der Waals surface area contributed by atoms with Gasteiger partial charge in [-0.1, -0.05) is 18.2 Å². The lowest BCUT2D eigenvalue weighted by molar-refractivity contribution is 0.0937. The van der Waals surface area contributed by atoms with E-state index >= 15 is 0 Å². The minimum atomic E-state index is -1.08. The van der Waals surface area contributed by atoms with Gasteiger partial charge in [0, 0.05) is 19.5 Å². The number of rotatable bonds is 8. The second-order valence-corrected chi connectivity index (χ2v) is 8.61. The Bertz CT molecular complexity index is 1780. The van der Waals surface area contributed by atoms with E-state index in [1.807, 2.05) is 6.07 Å². The summed E-state index contributed by atoms with van der Waals surface area (Å²) in [6.07, 6.45) is -1.08. The number of hydrogen-bond donors (Lipinski definition) is 3. The smallest absolute Gasteiger partial charge is 0.332 e. The van der Waals surface area contributed by atoms with Gasteiger partial charge >= 0.3 is 5.69 Å². The number of fused-ring (bicyclic) bond motifs is 2. The molecular weight excluding hydrogens is 494 g/mol. The van der Waals surface area contributed by atoms with E-state index in [1.54, 1.807) is 49.6 Å². The number of aromatic amines is 1. The van der Waals surface area contributed by atoms with Gasteiger partial charge in [-0.2, -0.15) is 4.98 Å². The van der Waals surface area contributed by atoms with Crippen molar-refractivity contribution in [2.75, 3.05) is 13.7 Å². The molecule has 0 aliphatic carbocycles. The number of aromatic hydroxyl groups is 1. The van der Waals surface area contributed by atoms with Crippen molar-refractivity contribution in [2.45, 2.75) is 12.6 Å². The maximum Gasteiger partial charge on any atom is 0.332 e. The van der Waals surface area contributed by atoms with Gasteiger partial charge in [-0.15, -0.1) is 10.2 Å². The normalized spacial score (nSPS) is 12.5. The summed E-state index contributed by atoms with van der Waals surface area (Å²) in [6, 6.07) is 14.0. The summed E-state index contributed by atoms with van der Waals surface area (Å²) in [5.74, 6) is 0.967. The van der Waals surface area contributed by atoms with Crippen molar-refractivity contribution in [1.29, 1.82) is 0 Å². The van der Waals surface area contributed by atoms with E-state index in [1.165, 1.54) is 23.2 Å². The first-order chi connectivity index (χ1) is 18.3. The minimum absolute atomic E-state index is 0.0357. The summed E-state index contributed by atoms with van der Waals surface area (Å²) >= 11 is 0. The second-order valence-electron chi connectivity index (χ2n) is 8.61. The lowest BCUT2D eigenvalue weighted by Crippen LogP contribution is -2.38. The molecule has 5 aromatic rings. The number of aliphatic hydroxyl groups excluding tert-OH is 1. The van der Waals surface area contributed by atoms with Crippen LogP contribution in [0, 0.1) is 0 Å². The van der Waals surface area contributed by atoms with E-state index in [0.29, 0.717) is 22.4 Å². The third-order valence-electron chi connectivity index (χ3n) is 6.12. The number of aromatic nitrogens is 5. The molecule has 13 nitrogen and oxygen atoms in total. The van der Waals surface area contributed by atoms with E-state index in [9.17, 15) is 19.8 Å². The number of imidazole rings is 1. The Balaban J connectivity index is 1.52. The number of H-pyrrole nitrogens is 1. The van der Waals surface area contributed by atoms with Crippen LogP contribution < -0.4 is 20.7 Å². The van der Waals surface area contributed by atoms with Crippen LogP contribution in [-0.4, -0.2) is 53.7 Å². The zero-order valence-corrected chi connectivity index (χ0v) is 20.8. The molecule has 3 N–H and O–H groups in total. The standard InChI is InChI=1S/C25H25N7O6/c1-30-21-20(23(35)31(2)25(30)36)32(12-14(33)13-38-16-10-8-15(37-3)9-11-16)24(27-21)29-28-19-17-6-4-5-7-18(17)26-22(19)34/h4-11,14,26,33-34H,12-13H2,1-3H3. The predicted molar refractivity (Wildman–Crippen MR) is 139 cm³/mol. The maximum atomic E-state index is 13.1. The molecule has 1 unspecified atom stereocenters. The molecule has 0 saturated carbocycles. The molecule has 0 bridgehead atoms. The highest BCUT2D eigenvalue weighted by molar-refractivity contribution is 5.94. The zero-order valence-electron chi connectivity index (χ0n) is 20.8. The van der Waals surface area contributed by atoms with E-state index in [2.05, 4.69) is 20.2 Å². The van der Waals surface area contributed by atoms with Crippen LogP contribution in [0.15, 0.2) is 68.3 Å². The van der Waals surface area contributed by atoms with Gasteiger partial charge in [0.2, 0.25) is 5.88 Å². The van der Waals surface area contributed by atoms with Gasteiger partial charge in [0.25, 0.3) is 11.5 Å². The Morgan fingerprint density at radius 2 is 1.74 bits per heavy atom. The number of para-hydroxylation sites is 1. The highest BCUT2D eigenvalue weighted by Gasteiger charge is 2.22. The van der Waals surface area contributed by atoms with E-state index < -0.39 is 17.4 Å². The van der Waals surface area contributed by atoms with Gasteiger partial charge in [-0.25, -0.2) is 4.79 Å².